The summed E-state index contributed by atoms with van der Waals surface area (Å²) in [5.41, 5.74) is 5.26. The second-order valence-electron chi connectivity index (χ2n) is 8.97. The van der Waals surface area contributed by atoms with E-state index in [1.54, 1.807) is 55.6 Å². The van der Waals surface area contributed by atoms with E-state index in [4.69, 9.17) is 13.6 Å². The van der Waals surface area contributed by atoms with Gasteiger partial charge in [-0.05, 0) is 85.8 Å². The summed E-state index contributed by atoms with van der Waals surface area (Å²) in [6.07, 6.45) is 0. The van der Waals surface area contributed by atoms with Gasteiger partial charge in [-0.25, -0.2) is 4.98 Å². The van der Waals surface area contributed by atoms with E-state index in [9.17, 15) is 9.59 Å². The van der Waals surface area contributed by atoms with E-state index < -0.39 is 0 Å². The Kier molecular flexibility index (Phi) is 6.05. The number of benzene rings is 4. The summed E-state index contributed by atoms with van der Waals surface area (Å²) in [5, 5.41) is 6.52. The Bertz CT molecular complexity index is 1800. The van der Waals surface area contributed by atoms with Crippen molar-refractivity contribution >= 4 is 45.3 Å². The molecule has 0 fully saturated rings. The molecular weight excluding hydrogens is 494 g/mol. The van der Waals surface area contributed by atoms with E-state index in [2.05, 4.69) is 15.6 Å². The molecule has 6 aromatic rings. The largest absolute Gasteiger partial charge is 0.497 e. The second kappa shape index (κ2) is 9.83. The third-order valence-corrected chi connectivity index (χ3v) is 6.44. The van der Waals surface area contributed by atoms with E-state index >= 15 is 0 Å². The predicted octanol–water partition coefficient (Wildman–Crippen LogP) is 7.06. The quantitative estimate of drug-likeness (QED) is 0.245. The molecule has 2 aromatic heterocycles. The first-order valence-electron chi connectivity index (χ1n) is 12.2. The van der Waals surface area contributed by atoms with Crippen molar-refractivity contribution in [1.29, 1.82) is 0 Å². The first-order valence-corrected chi connectivity index (χ1v) is 12.2. The number of ether oxygens (including phenoxy) is 1. The lowest BCUT2D eigenvalue weighted by Crippen LogP contribution is -2.14. The van der Waals surface area contributed by atoms with Gasteiger partial charge in [0, 0.05) is 33.5 Å². The minimum atomic E-state index is -0.376. The number of carbonyl (C=O) groups is 2. The summed E-state index contributed by atoms with van der Waals surface area (Å²) in [5.74, 6) is 0.778. The van der Waals surface area contributed by atoms with Crippen molar-refractivity contribution in [2.24, 2.45) is 0 Å². The lowest BCUT2D eigenvalue weighted by atomic mass is 10.1. The fourth-order valence-corrected chi connectivity index (χ4v) is 4.33. The molecular formula is C31H23N3O5. The fraction of sp³-hybridized carbons (Fsp3) is 0.0645. The van der Waals surface area contributed by atoms with Crippen LogP contribution >= 0.6 is 0 Å². The number of aryl methyl sites for hydroxylation is 1. The Hall–Kier alpha value is -5.37. The maximum Gasteiger partial charge on any atom is 0.291 e. The lowest BCUT2D eigenvalue weighted by molar-refractivity contribution is 0.0996. The van der Waals surface area contributed by atoms with Crippen molar-refractivity contribution in [1.82, 2.24) is 4.98 Å². The fourth-order valence-electron chi connectivity index (χ4n) is 4.33. The van der Waals surface area contributed by atoms with E-state index in [1.807, 2.05) is 49.4 Å². The zero-order valence-electron chi connectivity index (χ0n) is 21.1. The summed E-state index contributed by atoms with van der Waals surface area (Å²) < 4.78 is 16.8. The highest BCUT2D eigenvalue weighted by Crippen LogP contribution is 2.29. The number of nitrogens with zero attached hydrogens (tertiary/aromatic N) is 1. The minimum absolute atomic E-state index is 0.223. The molecule has 0 atom stereocenters. The molecule has 0 bridgehead atoms. The first kappa shape index (κ1) is 24.0. The van der Waals surface area contributed by atoms with Crippen LogP contribution in [-0.2, 0) is 0 Å². The maximum atomic E-state index is 12.9. The van der Waals surface area contributed by atoms with Crippen molar-refractivity contribution in [3.05, 3.63) is 108 Å². The highest BCUT2D eigenvalue weighted by Gasteiger charge is 2.18. The average Bonchev–Trinajstić information content (AvgIpc) is 3.55. The molecule has 8 nitrogen and oxygen atoms in total. The SMILES string of the molecule is COc1ccc2oc(C(=O)Nc3ccc(C(=O)Nc4ccc(-c5nc6ccccc6o5)cc4)cc3)c(C)c2c1. The zero-order chi connectivity index (χ0) is 26.9. The van der Waals surface area contributed by atoms with Crippen LogP contribution in [0.3, 0.4) is 0 Å². The van der Waals surface area contributed by atoms with Crippen LogP contribution in [-0.4, -0.2) is 23.9 Å². The molecule has 39 heavy (non-hydrogen) atoms. The van der Waals surface area contributed by atoms with E-state index in [-0.39, 0.29) is 17.6 Å². The molecule has 0 radical (unpaired) electrons. The lowest BCUT2D eigenvalue weighted by Gasteiger charge is -2.08. The normalized spacial score (nSPS) is 11.0. The van der Waals surface area contributed by atoms with Crippen LogP contribution in [0.1, 0.15) is 26.5 Å². The van der Waals surface area contributed by atoms with E-state index in [0.29, 0.717) is 34.2 Å². The molecule has 0 spiro atoms. The number of hydrogen-bond donors (Lipinski definition) is 2. The molecule has 0 saturated heterocycles. The predicted molar refractivity (Wildman–Crippen MR) is 149 cm³/mol. The van der Waals surface area contributed by atoms with Crippen molar-refractivity contribution in [3.8, 4) is 17.2 Å². The topological polar surface area (TPSA) is 107 Å². The summed E-state index contributed by atoms with van der Waals surface area (Å²) in [6, 6.07) is 26.9. The number of furan rings is 1. The third kappa shape index (κ3) is 4.71. The van der Waals surface area contributed by atoms with Crippen LogP contribution in [0.5, 0.6) is 5.75 Å². The molecule has 0 saturated carbocycles. The number of para-hydroxylation sites is 2. The highest BCUT2D eigenvalue weighted by atomic mass is 16.5. The number of methoxy groups -OCH3 is 1. The maximum absolute atomic E-state index is 12.9. The Morgan fingerprint density at radius 1 is 0.769 bits per heavy atom. The highest BCUT2D eigenvalue weighted by molar-refractivity contribution is 6.07. The van der Waals surface area contributed by atoms with Gasteiger partial charge in [-0.2, -0.15) is 0 Å². The van der Waals surface area contributed by atoms with Crippen LogP contribution in [0.4, 0.5) is 11.4 Å². The molecule has 192 valence electrons. The molecule has 6 rings (SSSR count). The number of oxazole rings is 1. The van der Waals surface area contributed by atoms with Crippen LogP contribution in [0.25, 0.3) is 33.5 Å². The number of carbonyl (C=O) groups excluding carboxylic acids is 2. The Morgan fingerprint density at radius 3 is 2.18 bits per heavy atom. The monoisotopic (exact) mass is 517 g/mol. The molecule has 2 amide bonds. The van der Waals surface area contributed by atoms with Gasteiger partial charge < -0.3 is 24.2 Å². The summed E-state index contributed by atoms with van der Waals surface area (Å²) >= 11 is 0. The van der Waals surface area contributed by atoms with Gasteiger partial charge in [-0.15, -0.1) is 0 Å². The molecule has 0 aliphatic heterocycles. The van der Waals surface area contributed by atoms with Crippen LogP contribution in [0.15, 0.2) is 99.8 Å². The van der Waals surface area contributed by atoms with Gasteiger partial charge in [0.1, 0.15) is 16.8 Å². The Balaban J connectivity index is 1.11. The van der Waals surface area contributed by atoms with Gasteiger partial charge in [-0.1, -0.05) is 12.1 Å². The van der Waals surface area contributed by atoms with Gasteiger partial charge in [0.05, 0.1) is 7.11 Å². The molecule has 2 N–H and O–H groups in total. The molecule has 0 unspecified atom stereocenters. The zero-order valence-corrected chi connectivity index (χ0v) is 21.1. The second-order valence-corrected chi connectivity index (χ2v) is 8.97. The van der Waals surface area contributed by atoms with Crippen molar-refractivity contribution in [2.75, 3.05) is 17.7 Å². The van der Waals surface area contributed by atoms with E-state index in [1.165, 1.54) is 0 Å². The number of amides is 2. The number of nitrogens with one attached hydrogen (secondary N) is 2. The summed E-state index contributed by atoms with van der Waals surface area (Å²) in [4.78, 5) is 30.2. The van der Waals surface area contributed by atoms with Crippen LogP contribution in [0.2, 0.25) is 0 Å². The smallest absolute Gasteiger partial charge is 0.291 e. The van der Waals surface area contributed by atoms with Gasteiger partial charge in [0.25, 0.3) is 11.8 Å². The van der Waals surface area contributed by atoms with Crippen LogP contribution in [0, 0.1) is 6.92 Å². The summed E-state index contributed by atoms with van der Waals surface area (Å²) in [7, 11) is 1.59. The third-order valence-electron chi connectivity index (χ3n) is 6.44. The van der Waals surface area contributed by atoms with E-state index in [0.717, 1.165) is 27.6 Å². The Labute approximate surface area is 223 Å². The number of aromatic nitrogens is 1. The average molecular weight is 518 g/mol. The van der Waals surface area contributed by atoms with Gasteiger partial charge >= 0.3 is 0 Å². The Morgan fingerprint density at radius 2 is 1.46 bits per heavy atom. The van der Waals surface area contributed by atoms with Crippen LogP contribution < -0.4 is 15.4 Å². The summed E-state index contributed by atoms with van der Waals surface area (Å²) in [6.45, 7) is 1.83. The van der Waals surface area contributed by atoms with Gasteiger partial charge in [0.2, 0.25) is 5.89 Å². The molecule has 4 aromatic carbocycles. The van der Waals surface area contributed by atoms with Crippen molar-refractivity contribution in [2.45, 2.75) is 6.92 Å². The minimum Gasteiger partial charge on any atom is -0.497 e. The molecule has 8 heteroatoms. The standard InChI is InChI=1S/C31H23N3O5/c1-18-24-17-23(37-2)15-16-26(24)38-28(18)30(36)33-22-11-7-19(8-12-22)29(35)32-21-13-9-20(10-14-21)31-34-25-5-3-4-6-27(25)39-31/h3-17H,1-2H3,(H,32,35)(H,33,36). The van der Waals surface area contributed by atoms with Crippen molar-refractivity contribution < 1.29 is 23.2 Å². The van der Waals surface area contributed by atoms with Gasteiger partial charge in [0.15, 0.2) is 11.3 Å². The molecule has 0 aliphatic rings. The number of anilines is 2. The first-order chi connectivity index (χ1) is 19.0. The molecule has 2 heterocycles. The van der Waals surface area contributed by atoms with Crippen molar-refractivity contribution in [3.63, 3.8) is 0 Å². The number of fused-ring (bicyclic) bond motifs is 2. The number of hydrogen-bond acceptors (Lipinski definition) is 6. The number of rotatable bonds is 6. The van der Waals surface area contributed by atoms with Gasteiger partial charge in [-0.3, -0.25) is 9.59 Å². The molecule has 0 aliphatic carbocycles.